The van der Waals surface area contributed by atoms with Gasteiger partial charge in [-0.3, -0.25) is 0 Å². The highest BCUT2D eigenvalue weighted by Crippen LogP contribution is 2.18. The average molecular weight is 296 g/mol. The van der Waals surface area contributed by atoms with Gasteiger partial charge in [0.2, 0.25) is 0 Å². The van der Waals surface area contributed by atoms with Crippen LogP contribution in [0.3, 0.4) is 0 Å². The van der Waals surface area contributed by atoms with Gasteiger partial charge in [-0.25, -0.2) is 0 Å². The Balaban J connectivity index is 3.10. The summed E-state index contributed by atoms with van der Waals surface area (Å²) in [5, 5.41) is 0. The van der Waals surface area contributed by atoms with E-state index in [1.165, 1.54) is 103 Å². The molecule has 0 heteroatoms. The zero-order chi connectivity index (χ0) is 15.6. The molecular formula is C21H43. The zero-order valence-corrected chi connectivity index (χ0v) is 15.3. The molecule has 0 spiro atoms. The van der Waals surface area contributed by atoms with E-state index in [-0.39, 0.29) is 0 Å². The topological polar surface area (TPSA) is 0 Å². The summed E-state index contributed by atoms with van der Waals surface area (Å²) in [4.78, 5) is 0. The standard InChI is InChI=1S/C21H43/c1-4-6-8-10-12-13-14-16-18-20-21(3)19-17-15-11-9-7-5-2/h21H,1,4-20H2,2-3H3. The van der Waals surface area contributed by atoms with Gasteiger partial charge >= 0.3 is 0 Å². The summed E-state index contributed by atoms with van der Waals surface area (Å²) in [6.07, 6.45) is 24.2. The molecule has 0 aromatic heterocycles. The van der Waals surface area contributed by atoms with E-state index in [2.05, 4.69) is 20.8 Å². The molecule has 0 saturated carbocycles. The number of hydrogen-bond acceptors (Lipinski definition) is 0. The minimum Gasteiger partial charge on any atom is -0.0654 e. The van der Waals surface area contributed by atoms with Gasteiger partial charge in [0.15, 0.2) is 0 Å². The quantitative estimate of drug-likeness (QED) is 0.238. The predicted octanol–water partition coefficient (Wildman–Crippen LogP) is 8.11. The third-order valence-corrected chi connectivity index (χ3v) is 4.75. The highest BCUT2D eigenvalue weighted by molar-refractivity contribution is 4.56. The molecule has 21 heavy (non-hydrogen) atoms. The molecule has 1 radical (unpaired) electrons. The Morgan fingerprint density at radius 2 is 0.952 bits per heavy atom. The van der Waals surface area contributed by atoms with Crippen LogP contribution < -0.4 is 0 Å². The Bertz CT molecular complexity index is 173. The Kier molecular flexibility index (Phi) is 18.1. The van der Waals surface area contributed by atoms with Crippen LogP contribution in [0.1, 0.15) is 123 Å². The fourth-order valence-electron chi connectivity index (χ4n) is 3.15. The highest BCUT2D eigenvalue weighted by atomic mass is 14.1. The number of rotatable bonds is 17. The van der Waals surface area contributed by atoms with Crippen LogP contribution in [0.15, 0.2) is 0 Å². The lowest BCUT2D eigenvalue weighted by Gasteiger charge is -2.11. The van der Waals surface area contributed by atoms with Gasteiger partial charge in [0.1, 0.15) is 0 Å². The Morgan fingerprint density at radius 1 is 0.571 bits per heavy atom. The highest BCUT2D eigenvalue weighted by Gasteiger charge is 2.02. The summed E-state index contributed by atoms with van der Waals surface area (Å²) in [6.45, 7) is 8.66. The zero-order valence-electron chi connectivity index (χ0n) is 15.3. The van der Waals surface area contributed by atoms with E-state index in [4.69, 9.17) is 0 Å². The fourth-order valence-corrected chi connectivity index (χ4v) is 3.15. The van der Waals surface area contributed by atoms with Crippen molar-refractivity contribution in [3.63, 3.8) is 0 Å². The molecule has 0 saturated heterocycles. The second-order valence-corrected chi connectivity index (χ2v) is 7.13. The van der Waals surface area contributed by atoms with Crippen molar-refractivity contribution in [2.45, 2.75) is 123 Å². The maximum atomic E-state index is 3.90. The molecule has 0 aromatic rings. The van der Waals surface area contributed by atoms with Crippen LogP contribution in [0.5, 0.6) is 0 Å². The molecule has 1 atom stereocenters. The largest absolute Gasteiger partial charge is 0.0654 e. The van der Waals surface area contributed by atoms with Gasteiger partial charge in [0.25, 0.3) is 0 Å². The second kappa shape index (κ2) is 18.1. The first-order valence-electron chi connectivity index (χ1n) is 10.1. The normalized spacial score (nSPS) is 12.7. The number of hydrogen-bond donors (Lipinski definition) is 0. The molecule has 0 bridgehead atoms. The van der Waals surface area contributed by atoms with Crippen LogP contribution in [0.4, 0.5) is 0 Å². The molecule has 0 aliphatic carbocycles. The van der Waals surface area contributed by atoms with E-state index in [1.807, 2.05) is 0 Å². The minimum atomic E-state index is 0.966. The van der Waals surface area contributed by atoms with E-state index >= 15 is 0 Å². The lowest BCUT2D eigenvalue weighted by atomic mass is 9.96. The molecule has 0 rings (SSSR count). The monoisotopic (exact) mass is 295 g/mol. The van der Waals surface area contributed by atoms with Gasteiger partial charge in [-0.15, -0.1) is 0 Å². The molecule has 0 amide bonds. The average Bonchev–Trinajstić information content (AvgIpc) is 2.49. The Hall–Kier alpha value is 0. The van der Waals surface area contributed by atoms with Crippen LogP contribution in [-0.2, 0) is 0 Å². The van der Waals surface area contributed by atoms with Gasteiger partial charge in [-0.1, -0.05) is 130 Å². The summed E-state index contributed by atoms with van der Waals surface area (Å²) < 4.78 is 0. The van der Waals surface area contributed by atoms with E-state index in [0.717, 1.165) is 12.3 Å². The van der Waals surface area contributed by atoms with E-state index in [0.29, 0.717) is 0 Å². The van der Waals surface area contributed by atoms with Crippen LogP contribution in [0, 0.1) is 12.8 Å². The maximum absolute atomic E-state index is 3.90. The van der Waals surface area contributed by atoms with Gasteiger partial charge in [-0.05, 0) is 5.92 Å². The Morgan fingerprint density at radius 3 is 1.38 bits per heavy atom. The molecule has 0 aliphatic rings. The molecule has 0 aromatic carbocycles. The summed E-state index contributed by atoms with van der Waals surface area (Å²) >= 11 is 0. The van der Waals surface area contributed by atoms with Crippen molar-refractivity contribution < 1.29 is 0 Å². The van der Waals surface area contributed by atoms with Gasteiger partial charge < -0.3 is 0 Å². The number of unbranched alkanes of at least 4 members (excludes halogenated alkanes) is 13. The molecule has 0 N–H and O–H groups in total. The summed E-state index contributed by atoms with van der Waals surface area (Å²) in [5.74, 6) is 0.966. The van der Waals surface area contributed by atoms with Crippen molar-refractivity contribution in [1.82, 2.24) is 0 Å². The second-order valence-electron chi connectivity index (χ2n) is 7.13. The van der Waals surface area contributed by atoms with Crippen LogP contribution >= 0.6 is 0 Å². The third kappa shape index (κ3) is 18.0. The van der Waals surface area contributed by atoms with Crippen molar-refractivity contribution in [3.05, 3.63) is 6.92 Å². The van der Waals surface area contributed by atoms with Crippen molar-refractivity contribution in [1.29, 1.82) is 0 Å². The first-order chi connectivity index (χ1) is 10.3. The third-order valence-electron chi connectivity index (χ3n) is 4.75. The lowest BCUT2D eigenvalue weighted by Crippen LogP contribution is -1.95. The summed E-state index contributed by atoms with van der Waals surface area (Å²) in [6, 6.07) is 0. The molecule has 0 heterocycles. The minimum absolute atomic E-state index is 0.966. The molecule has 0 fully saturated rings. The maximum Gasteiger partial charge on any atom is -0.0443 e. The van der Waals surface area contributed by atoms with Crippen LogP contribution in [0.25, 0.3) is 0 Å². The summed E-state index contributed by atoms with van der Waals surface area (Å²) in [5.41, 5.74) is 0. The smallest absolute Gasteiger partial charge is 0.0443 e. The van der Waals surface area contributed by atoms with Gasteiger partial charge in [0, 0.05) is 0 Å². The van der Waals surface area contributed by atoms with Crippen molar-refractivity contribution in [2.24, 2.45) is 5.92 Å². The Labute approximate surface area is 136 Å². The van der Waals surface area contributed by atoms with E-state index in [1.54, 1.807) is 0 Å². The van der Waals surface area contributed by atoms with Gasteiger partial charge in [0.05, 0.1) is 0 Å². The van der Waals surface area contributed by atoms with E-state index in [9.17, 15) is 0 Å². The van der Waals surface area contributed by atoms with Crippen LogP contribution in [0.2, 0.25) is 0 Å². The fraction of sp³-hybridized carbons (Fsp3) is 0.952. The SMILES string of the molecule is [CH2]CCCCCCCCCCC(C)CCCCCCCC. The van der Waals surface area contributed by atoms with Crippen molar-refractivity contribution in [2.75, 3.05) is 0 Å². The lowest BCUT2D eigenvalue weighted by molar-refractivity contribution is 0.431. The molecule has 127 valence electrons. The molecular weight excluding hydrogens is 252 g/mol. The van der Waals surface area contributed by atoms with Gasteiger partial charge in [-0.2, -0.15) is 0 Å². The first kappa shape index (κ1) is 21.0. The first-order valence-corrected chi connectivity index (χ1v) is 10.1. The van der Waals surface area contributed by atoms with Crippen molar-refractivity contribution >= 4 is 0 Å². The predicted molar refractivity (Wildman–Crippen MR) is 98.7 cm³/mol. The summed E-state index contributed by atoms with van der Waals surface area (Å²) in [7, 11) is 0. The van der Waals surface area contributed by atoms with Crippen molar-refractivity contribution in [3.8, 4) is 0 Å². The van der Waals surface area contributed by atoms with E-state index < -0.39 is 0 Å². The molecule has 0 nitrogen and oxygen atoms in total. The molecule has 1 unspecified atom stereocenters. The molecule has 0 aliphatic heterocycles. The van der Waals surface area contributed by atoms with Crippen LogP contribution in [-0.4, -0.2) is 0 Å².